The predicted octanol–water partition coefficient (Wildman–Crippen LogP) is 1.61. The van der Waals surface area contributed by atoms with Crippen LogP contribution in [0.3, 0.4) is 0 Å². The number of alkyl halides is 2. The van der Waals surface area contributed by atoms with E-state index in [1.807, 2.05) is 0 Å². The summed E-state index contributed by atoms with van der Waals surface area (Å²) in [6.07, 6.45) is -2.51. The number of rotatable bonds is 7. The molecule has 0 saturated carbocycles. The van der Waals surface area contributed by atoms with Gasteiger partial charge in [0.05, 0.1) is 13.2 Å². The van der Waals surface area contributed by atoms with Crippen LogP contribution in [0.1, 0.15) is 5.56 Å². The maximum atomic E-state index is 13.1. The molecule has 2 N–H and O–H groups in total. The number of benzene rings is 1. The molecule has 0 saturated heterocycles. The summed E-state index contributed by atoms with van der Waals surface area (Å²) >= 11 is 0. The van der Waals surface area contributed by atoms with Crippen molar-refractivity contribution in [1.29, 1.82) is 0 Å². The van der Waals surface area contributed by atoms with Gasteiger partial charge in [-0.15, -0.1) is 0 Å². The van der Waals surface area contributed by atoms with Gasteiger partial charge in [-0.2, -0.15) is 0 Å². The van der Waals surface area contributed by atoms with Gasteiger partial charge in [0, 0.05) is 18.8 Å². The summed E-state index contributed by atoms with van der Waals surface area (Å²) in [5, 5.41) is 11.8. The molecule has 1 aromatic carbocycles. The number of nitrogens with one attached hydrogen (secondary N) is 1. The second-order valence-corrected chi connectivity index (χ2v) is 3.86. The lowest BCUT2D eigenvalue weighted by Gasteiger charge is -2.26. The highest BCUT2D eigenvalue weighted by atomic mass is 19.3. The Hall–Kier alpha value is -1.27. The Morgan fingerprint density at radius 2 is 2.11 bits per heavy atom. The molecular formula is C12H17F3N2O. The fourth-order valence-electron chi connectivity index (χ4n) is 1.79. The smallest absolute Gasteiger partial charge is 0.255 e. The van der Waals surface area contributed by atoms with Gasteiger partial charge in [-0.25, -0.2) is 13.2 Å². The molecule has 3 nitrogen and oxygen atoms in total. The van der Waals surface area contributed by atoms with Crippen LogP contribution in [0, 0.1) is 5.82 Å². The molecule has 0 heterocycles. The van der Waals surface area contributed by atoms with E-state index in [0.29, 0.717) is 17.8 Å². The number of halogens is 3. The third kappa shape index (κ3) is 4.19. The second kappa shape index (κ2) is 7.23. The molecule has 0 atom stereocenters. The minimum Gasteiger partial charge on any atom is -0.395 e. The lowest BCUT2D eigenvalue weighted by Crippen LogP contribution is -2.32. The summed E-state index contributed by atoms with van der Waals surface area (Å²) in [4.78, 5) is 1.36. The molecule has 0 radical (unpaired) electrons. The SMILES string of the molecule is CNCc1cc(F)ccc1N(CCO)CC(F)F. The Labute approximate surface area is 104 Å². The highest BCUT2D eigenvalue weighted by Crippen LogP contribution is 2.22. The summed E-state index contributed by atoms with van der Waals surface area (Å²) < 4.78 is 38.1. The van der Waals surface area contributed by atoms with E-state index >= 15 is 0 Å². The number of hydrogen-bond acceptors (Lipinski definition) is 3. The van der Waals surface area contributed by atoms with Crippen molar-refractivity contribution in [3.63, 3.8) is 0 Å². The Morgan fingerprint density at radius 1 is 1.39 bits per heavy atom. The molecule has 0 bridgehead atoms. The van der Waals surface area contributed by atoms with Crippen LogP contribution in [0.25, 0.3) is 0 Å². The van der Waals surface area contributed by atoms with Gasteiger partial charge < -0.3 is 15.3 Å². The molecule has 18 heavy (non-hydrogen) atoms. The van der Waals surface area contributed by atoms with Crippen LogP contribution in [0.5, 0.6) is 0 Å². The molecule has 102 valence electrons. The summed E-state index contributed by atoms with van der Waals surface area (Å²) in [6.45, 7) is -0.253. The Balaban J connectivity index is 3.01. The lowest BCUT2D eigenvalue weighted by atomic mass is 10.1. The minimum absolute atomic E-state index is 0.0900. The summed E-state index contributed by atoms with van der Waals surface area (Å²) in [7, 11) is 1.69. The molecular weight excluding hydrogens is 245 g/mol. The van der Waals surface area contributed by atoms with E-state index in [9.17, 15) is 13.2 Å². The van der Waals surface area contributed by atoms with Crippen molar-refractivity contribution in [3.05, 3.63) is 29.6 Å². The number of anilines is 1. The van der Waals surface area contributed by atoms with Crippen LogP contribution in [-0.2, 0) is 6.54 Å². The maximum Gasteiger partial charge on any atom is 0.255 e. The van der Waals surface area contributed by atoms with Crippen LogP contribution in [0.4, 0.5) is 18.9 Å². The molecule has 6 heteroatoms. The van der Waals surface area contributed by atoms with Crippen LogP contribution >= 0.6 is 0 Å². The van der Waals surface area contributed by atoms with Gasteiger partial charge in [-0.3, -0.25) is 0 Å². The molecule has 0 spiro atoms. The predicted molar refractivity (Wildman–Crippen MR) is 64.5 cm³/mol. The minimum atomic E-state index is -2.51. The zero-order chi connectivity index (χ0) is 13.5. The van der Waals surface area contributed by atoms with Crippen molar-refractivity contribution >= 4 is 5.69 Å². The van der Waals surface area contributed by atoms with Gasteiger partial charge in [0.15, 0.2) is 0 Å². The van der Waals surface area contributed by atoms with Crippen molar-refractivity contribution < 1.29 is 18.3 Å². The highest BCUT2D eigenvalue weighted by Gasteiger charge is 2.15. The van der Waals surface area contributed by atoms with E-state index in [2.05, 4.69) is 5.32 Å². The quantitative estimate of drug-likeness (QED) is 0.783. The topological polar surface area (TPSA) is 35.5 Å². The molecule has 0 aliphatic heterocycles. The molecule has 1 rings (SSSR count). The molecule has 0 amide bonds. The summed E-state index contributed by atoms with van der Waals surface area (Å²) in [6, 6.07) is 3.99. The molecule has 0 fully saturated rings. The monoisotopic (exact) mass is 262 g/mol. The fraction of sp³-hybridized carbons (Fsp3) is 0.500. The Morgan fingerprint density at radius 3 is 2.67 bits per heavy atom. The van der Waals surface area contributed by atoms with Crippen molar-refractivity contribution in [2.75, 3.05) is 31.6 Å². The van der Waals surface area contributed by atoms with E-state index in [0.717, 1.165) is 0 Å². The number of hydrogen-bond donors (Lipinski definition) is 2. The van der Waals surface area contributed by atoms with E-state index in [4.69, 9.17) is 5.11 Å². The highest BCUT2D eigenvalue weighted by molar-refractivity contribution is 5.54. The Kier molecular flexibility index (Phi) is 5.94. The average molecular weight is 262 g/mol. The van der Waals surface area contributed by atoms with Gasteiger partial charge in [-0.05, 0) is 30.8 Å². The average Bonchev–Trinajstić information content (AvgIpc) is 2.28. The molecule has 0 aliphatic carbocycles. The summed E-state index contributed by atoms with van der Waals surface area (Å²) in [5.41, 5.74) is 1.10. The number of aliphatic hydroxyl groups is 1. The van der Waals surface area contributed by atoms with E-state index < -0.39 is 18.8 Å². The Bertz CT molecular complexity index is 374. The molecule has 1 aromatic rings. The first kappa shape index (κ1) is 14.8. The first-order valence-corrected chi connectivity index (χ1v) is 5.65. The van der Waals surface area contributed by atoms with E-state index in [-0.39, 0.29) is 13.2 Å². The molecule has 0 aliphatic rings. The second-order valence-electron chi connectivity index (χ2n) is 3.86. The van der Waals surface area contributed by atoms with Gasteiger partial charge >= 0.3 is 0 Å². The van der Waals surface area contributed by atoms with E-state index in [1.165, 1.54) is 23.1 Å². The largest absolute Gasteiger partial charge is 0.395 e. The van der Waals surface area contributed by atoms with Crippen molar-refractivity contribution in [2.24, 2.45) is 0 Å². The van der Waals surface area contributed by atoms with Gasteiger partial charge in [0.25, 0.3) is 6.43 Å². The van der Waals surface area contributed by atoms with Crippen LogP contribution in [0.2, 0.25) is 0 Å². The van der Waals surface area contributed by atoms with E-state index in [1.54, 1.807) is 7.05 Å². The van der Waals surface area contributed by atoms with Gasteiger partial charge in [0.2, 0.25) is 0 Å². The normalized spacial score (nSPS) is 11.0. The number of aliphatic hydroxyl groups excluding tert-OH is 1. The third-order valence-corrected chi connectivity index (χ3v) is 2.48. The molecule has 0 aromatic heterocycles. The standard InChI is InChI=1S/C12H17F3N2O/c1-16-7-9-6-10(13)2-3-11(9)17(4-5-18)8-12(14)15/h2-3,6,12,16,18H,4-5,7-8H2,1H3. The van der Waals surface area contributed by atoms with Crippen molar-refractivity contribution in [1.82, 2.24) is 5.32 Å². The van der Waals surface area contributed by atoms with Crippen LogP contribution < -0.4 is 10.2 Å². The first-order valence-electron chi connectivity index (χ1n) is 5.65. The van der Waals surface area contributed by atoms with Crippen molar-refractivity contribution in [3.8, 4) is 0 Å². The fourth-order valence-corrected chi connectivity index (χ4v) is 1.79. The lowest BCUT2D eigenvalue weighted by molar-refractivity contribution is 0.152. The zero-order valence-electron chi connectivity index (χ0n) is 10.2. The van der Waals surface area contributed by atoms with Gasteiger partial charge in [-0.1, -0.05) is 0 Å². The van der Waals surface area contributed by atoms with Gasteiger partial charge in [0.1, 0.15) is 5.82 Å². The first-order chi connectivity index (χ1) is 8.58. The zero-order valence-corrected chi connectivity index (χ0v) is 10.2. The number of nitrogens with zero attached hydrogens (tertiary/aromatic N) is 1. The van der Waals surface area contributed by atoms with Crippen LogP contribution in [-0.4, -0.2) is 38.3 Å². The third-order valence-electron chi connectivity index (χ3n) is 2.48. The molecule has 0 unspecified atom stereocenters. The van der Waals surface area contributed by atoms with Crippen molar-refractivity contribution in [2.45, 2.75) is 13.0 Å². The summed E-state index contributed by atoms with van der Waals surface area (Å²) in [5.74, 6) is -0.412. The maximum absolute atomic E-state index is 13.1. The van der Waals surface area contributed by atoms with Crippen LogP contribution in [0.15, 0.2) is 18.2 Å².